The van der Waals surface area contributed by atoms with Gasteiger partial charge in [0.1, 0.15) is 0 Å². The van der Waals surface area contributed by atoms with Crippen LogP contribution < -0.4 is 10.1 Å². The second-order valence-corrected chi connectivity index (χ2v) is 4.17. The largest absolute Gasteiger partial charge is 0.479 e. The number of benzene rings is 1. The van der Waals surface area contributed by atoms with Gasteiger partial charge < -0.3 is 14.6 Å². The van der Waals surface area contributed by atoms with Crippen LogP contribution in [0.15, 0.2) is 16.7 Å². The van der Waals surface area contributed by atoms with E-state index in [4.69, 9.17) is 9.26 Å². The van der Waals surface area contributed by atoms with Crippen LogP contribution in [0.3, 0.4) is 0 Å². The van der Waals surface area contributed by atoms with Crippen molar-refractivity contribution in [3.05, 3.63) is 41.0 Å². The molecule has 7 heteroatoms. The molecule has 108 valence electrons. The minimum Gasteiger partial charge on any atom is -0.479 e. The summed E-state index contributed by atoms with van der Waals surface area (Å²) < 4.78 is 37.5. The number of nitrogens with zero attached hydrogens (tertiary/aromatic N) is 2. The van der Waals surface area contributed by atoms with Crippen LogP contribution in [-0.2, 0) is 19.6 Å². The van der Waals surface area contributed by atoms with Gasteiger partial charge in [0.25, 0.3) is 0 Å². The molecule has 1 aromatic heterocycles. The summed E-state index contributed by atoms with van der Waals surface area (Å²) >= 11 is 0. The third-order valence-electron chi connectivity index (χ3n) is 2.60. The maximum atomic E-state index is 13.8. The molecular formula is C13H15F2N3O2. The van der Waals surface area contributed by atoms with Crippen molar-refractivity contribution in [2.75, 3.05) is 7.05 Å². The van der Waals surface area contributed by atoms with Gasteiger partial charge in [0.05, 0.1) is 0 Å². The van der Waals surface area contributed by atoms with E-state index in [1.54, 1.807) is 7.05 Å². The molecule has 0 fully saturated rings. The Morgan fingerprint density at radius 3 is 2.55 bits per heavy atom. The summed E-state index contributed by atoms with van der Waals surface area (Å²) in [5, 5.41) is 6.46. The van der Waals surface area contributed by atoms with Crippen LogP contribution >= 0.6 is 0 Å². The normalized spacial score (nSPS) is 10.8. The molecule has 0 aliphatic rings. The van der Waals surface area contributed by atoms with E-state index in [0.717, 1.165) is 0 Å². The summed E-state index contributed by atoms with van der Waals surface area (Å²) in [6, 6.07) is 2.45. The number of halogens is 2. The van der Waals surface area contributed by atoms with Crippen LogP contribution in [0, 0.1) is 11.6 Å². The minimum atomic E-state index is -0.755. The Hall–Kier alpha value is -2.02. The summed E-state index contributed by atoms with van der Waals surface area (Å²) in [6.07, 6.45) is 0.592. The van der Waals surface area contributed by atoms with E-state index in [0.29, 0.717) is 24.4 Å². The molecule has 0 saturated heterocycles. The van der Waals surface area contributed by atoms with Gasteiger partial charge in [-0.05, 0) is 24.7 Å². The number of rotatable bonds is 6. The van der Waals surface area contributed by atoms with Crippen molar-refractivity contribution >= 4 is 0 Å². The van der Waals surface area contributed by atoms with Crippen molar-refractivity contribution in [1.82, 2.24) is 15.5 Å². The fourth-order valence-electron chi connectivity index (χ4n) is 1.69. The van der Waals surface area contributed by atoms with Crippen LogP contribution in [0.5, 0.6) is 5.75 Å². The standard InChI is InChI=1S/C13H15F2N3O2/c1-3-12-17-11(18-20-12)7-19-13-9(14)4-8(6-16-2)5-10(13)15/h4-5,16H,3,6-7H2,1-2H3. The number of aryl methyl sites for hydroxylation is 1. The minimum absolute atomic E-state index is 0.150. The lowest BCUT2D eigenvalue weighted by atomic mass is 10.2. The molecule has 2 rings (SSSR count). The molecule has 2 aromatic rings. The molecule has 1 N–H and O–H groups in total. The molecule has 1 aromatic carbocycles. The van der Waals surface area contributed by atoms with Crippen LogP contribution in [-0.4, -0.2) is 17.2 Å². The summed E-state index contributed by atoms with van der Waals surface area (Å²) in [6.45, 7) is 2.08. The summed E-state index contributed by atoms with van der Waals surface area (Å²) in [7, 11) is 1.70. The number of hydrogen-bond donors (Lipinski definition) is 1. The maximum absolute atomic E-state index is 13.8. The second-order valence-electron chi connectivity index (χ2n) is 4.17. The highest BCUT2D eigenvalue weighted by Crippen LogP contribution is 2.24. The molecule has 20 heavy (non-hydrogen) atoms. The van der Waals surface area contributed by atoms with Gasteiger partial charge in [0.15, 0.2) is 24.0 Å². The zero-order valence-electron chi connectivity index (χ0n) is 11.2. The number of hydrogen-bond acceptors (Lipinski definition) is 5. The third-order valence-corrected chi connectivity index (χ3v) is 2.60. The third kappa shape index (κ3) is 3.30. The molecule has 0 bridgehead atoms. The predicted octanol–water partition coefficient (Wildman–Crippen LogP) is 2.21. The SMILES string of the molecule is CCc1nc(COc2c(F)cc(CNC)cc2F)no1. The van der Waals surface area contributed by atoms with Gasteiger partial charge in [0.2, 0.25) is 11.7 Å². The van der Waals surface area contributed by atoms with E-state index in [1.807, 2.05) is 6.92 Å². The highest BCUT2D eigenvalue weighted by molar-refractivity contribution is 5.31. The lowest BCUT2D eigenvalue weighted by molar-refractivity contribution is 0.259. The zero-order chi connectivity index (χ0) is 14.5. The number of nitrogens with one attached hydrogen (secondary N) is 1. The van der Waals surface area contributed by atoms with E-state index < -0.39 is 17.4 Å². The van der Waals surface area contributed by atoms with E-state index in [9.17, 15) is 8.78 Å². The fraction of sp³-hybridized carbons (Fsp3) is 0.385. The summed E-state index contributed by atoms with van der Waals surface area (Å²) in [4.78, 5) is 3.99. The van der Waals surface area contributed by atoms with Crippen molar-refractivity contribution < 1.29 is 18.0 Å². The van der Waals surface area contributed by atoms with Gasteiger partial charge in [0, 0.05) is 13.0 Å². The van der Waals surface area contributed by atoms with Crippen LogP contribution in [0.4, 0.5) is 8.78 Å². The van der Waals surface area contributed by atoms with Gasteiger partial charge >= 0.3 is 0 Å². The average Bonchev–Trinajstić information content (AvgIpc) is 2.86. The molecule has 0 unspecified atom stereocenters. The predicted molar refractivity (Wildman–Crippen MR) is 67.1 cm³/mol. The molecule has 0 aliphatic heterocycles. The molecule has 0 spiro atoms. The Balaban J connectivity index is 2.09. The first kappa shape index (κ1) is 14.4. The van der Waals surface area contributed by atoms with Gasteiger partial charge in [-0.15, -0.1) is 0 Å². The Bertz CT molecular complexity index is 564. The van der Waals surface area contributed by atoms with Crippen molar-refractivity contribution in [3.8, 4) is 5.75 Å². The number of ether oxygens (including phenoxy) is 1. The van der Waals surface area contributed by atoms with E-state index in [1.165, 1.54) is 12.1 Å². The topological polar surface area (TPSA) is 60.2 Å². The Kier molecular flexibility index (Phi) is 4.62. The van der Waals surface area contributed by atoms with Gasteiger partial charge in [-0.2, -0.15) is 4.98 Å². The molecule has 5 nitrogen and oxygen atoms in total. The summed E-state index contributed by atoms with van der Waals surface area (Å²) in [5.74, 6) is -1.24. The molecule has 0 amide bonds. The first-order chi connectivity index (χ1) is 9.63. The second kappa shape index (κ2) is 6.42. The highest BCUT2D eigenvalue weighted by atomic mass is 19.1. The van der Waals surface area contributed by atoms with Gasteiger partial charge in [-0.25, -0.2) is 8.78 Å². The fourth-order valence-corrected chi connectivity index (χ4v) is 1.69. The number of aromatic nitrogens is 2. The van der Waals surface area contributed by atoms with Crippen LogP contribution in [0.1, 0.15) is 24.2 Å². The quantitative estimate of drug-likeness (QED) is 0.880. The highest BCUT2D eigenvalue weighted by Gasteiger charge is 2.14. The average molecular weight is 283 g/mol. The van der Waals surface area contributed by atoms with E-state index in [2.05, 4.69) is 15.5 Å². The first-order valence-corrected chi connectivity index (χ1v) is 6.20. The Labute approximate surface area is 114 Å². The van der Waals surface area contributed by atoms with Crippen molar-refractivity contribution in [2.24, 2.45) is 0 Å². The molecule has 0 saturated carbocycles. The first-order valence-electron chi connectivity index (χ1n) is 6.20. The van der Waals surface area contributed by atoms with Crippen LogP contribution in [0.2, 0.25) is 0 Å². The molecular weight excluding hydrogens is 268 g/mol. The van der Waals surface area contributed by atoms with Gasteiger partial charge in [-0.1, -0.05) is 12.1 Å². The molecule has 0 aliphatic carbocycles. The van der Waals surface area contributed by atoms with Gasteiger partial charge in [-0.3, -0.25) is 0 Å². The van der Waals surface area contributed by atoms with Crippen LogP contribution in [0.25, 0.3) is 0 Å². The lowest BCUT2D eigenvalue weighted by Gasteiger charge is -2.08. The smallest absolute Gasteiger partial charge is 0.226 e. The van der Waals surface area contributed by atoms with E-state index in [-0.39, 0.29) is 12.4 Å². The van der Waals surface area contributed by atoms with E-state index >= 15 is 0 Å². The monoisotopic (exact) mass is 283 g/mol. The zero-order valence-corrected chi connectivity index (χ0v) is 11.2. The molecule has 0 radical (unpaired) electrons. The Morgan fingerprint density at radius 1 is 1.30 bits per heavy atom. The van der Waals surface area contributed by atoms with Crippen molar-refractivity contribution in [1.29, 1.82) is 0 Å². The lowest BCUT2D eigenvalue weighted by Crippen LogP contribution is -2.07. The maximum Gasteiger partial charge on any atom is 0.226 e. The molecule has 1 heterocycles. The summed E-state index contributed by atoms with van der Waals surface area (Å²) in [5.41, 5.74) is 0.502. The molecule has 0 atom stereocenters. The Morgan fingerprint density at radius 2 is 2.00 bits per heavy atom. The van der Waals surface area contributed by atoms with Crippen molar-refractivity contribution in [2.45, 2.75) is 26.5 Å². The van der Waals surface area contributed by atoms with Crippen molar-refractivity contribution in [3.63, 3.8) is 0 Å².